The highest BCUT2D eigenvalue weighted by Crippen LogP contribution is 2.39. The smallest absolute Gasteiger partial charge is 0.100 e. The Hall–Kier alpha value is -2.58. The van der Waals surface area contributed by atoms with Gasteiger partial charge in [-0.15, -0.1) is 0 Å². The standard InChI is InChI=1S/C30H32NOPS/c1-30(2,3)34(32)31(4)29(24-16-8-5-9-17-24)27-22-14-15-23-28(27)33(25-18-10-6-11-19-25)26-20-12-7-13-21-26/h5-23,29H,1-4H3/t29-,34-/m1/s1. The fourth-order valence-corrected chi connectivity index (χ4v) is 8.03. The fourth-order valence-electron chi connectivity index (χ4n) is 4.25. The van der Waals surface area contributed by atoms with Crippen LogP contribution in [-0.4, -0.2) is 20.3 Å². The van der Waals surface area contributed by atoms with Crippen LogP contribution in [0, 0.1) is 0 Å². The maximum atomic E-state index is 13.6. The molecule has 0 aliphatic carbocycles. The van der Waals surface area contributed by atoms with Crippen LogP contribution in [0.1, 0.15) is 37.9 Å². The normalized spacial score (nSPS) is 13.7. The average molecular weight is 486 g/mol. The van der Waals surface area contributed by atoms with E-state index in [0.29, 0.717) is 0 Å². The molecule has 4 aromatic carbocycles. The predicted octanol–water partition coefficient (Wildman–Crippen LogP) is 5.93. The highest BCUT2D eigenvalue weighted by molar-refractivity contribution is 7.84. The van der Waals surface area contributed by atoms with E-state index in [2.05, 4.69) is 109 Å². The third-order valence-corrected chi connectivity index (χ3v) is 10.1. The second-order valence-electron chi connectivity index (χ2n) is 9.29. The maximum absolute atomic E-state index is 13.6. The molecule has 0 N–H and O–H groups in total. The second kappa shape index (κ2) is 10.8. The molecule has 4 heteroatoms. The van der Waals surface area contributed by atoms with Gasteiger partial charge in [0.1, 0.15) is 11.0 Å². The molecule has 0 saturated heterocycles. The van der Waals surface area contributed by atoms with Gasteiger partial charge in [0.15, 0.2) is 0 Å². The lowest BCUT2D eigenvalue weighted by Crippen LogP contribution is -2.39. The third-order valence-electron chi connectivity index (χ3n) is 5.77. The molecule has 0 radical (unpaired) electrons. The molecule has 2 nitrogen and oxygen atoms in total. The average Bonchev–Trinajstić information content (AvgIpc) is 2.86. The molecular formula is C30H32NOPS. The molecule has 0 spiro atoms. The summed E-state index contributed by atoms with van der Waals surface area (Å²) in [5.74, 6) is 0. The molecule has 0 heterocycles. The first kappa shape index (κ1) is 24.5. The van der Waals surface area contributed by atoms with E-state index in [9.17, 15) is 4.21 Å². The van der Waals surface area contributed by atoms with Crippen molar-refractivity contribution in [2.75, 3.05) is 7.05 Å². The molecule has 0 saturated carbocycles. The maximum Gasteiger partial charge on any atom is 0.100 e. The van der Waals surface area contributed by atoms with Crippen LogP contribution in [0.2, 0.25) is 0 Å². The van der Waals surface area contributed by atoms with Crippen molar-refractivity contribution in [1.29, 1.82) is 0 Å². The molecule has 0 unspecified atom stereocenters. The topological polar surface area (TPSA) is 20.3 Å². The Kier molecular flexibility index (Phi) is 7.78. The Morgan fingerprint density at radius 3 is 1.62 bits per heavy atom. The highest BCUT2D eigenvalue weighted by Gasteiger charge is 2.33. The van der Waals surface area contributed by atoms with Gasteiger partial charge in [0.05, 0.1) is 10.8 Å². The summed E-state index contributed by atoms with van der Waals surface area (Å²) in [6.45, 7) is 6.11. The Morgan fingerprint density at radius 2 is 1.12 bits per heavy atom. The minimum Gasteiger partial charge on any atom is -0.242 e. The Balaban J connectivity index is 1.94. The summed E-state index contributed by atoms with van der Waals surface area (Å²) in [6.07, 6.45) is 0. The van der Waals surface area contributed by atoms with Crippen molar-refractivity contribution in [3.63, 3.8) is 0 Å². The number of hydrogen-bond acceptors (Lipinski definition) is 1. The van der Waals surface area contributed by atoms with Crippen molar-refractivity contribution in [2.45, 2.75) is 31.6 Å². The van der Waals surface area contributed by atoms with Gasteiger partial charge in [-0.1, -0.05) is 115 Å². The van der Waals surface area contributed by atoms with E-state index < -0.39 is 18.9 Å². The van der Waals surface area contributed by atoms with Gasteiger partial charge in [-0.2, -0.15) is 0 Å². The van der Waals surface area contributed by atoms with Gasteiger partial charge in [0.25, 0.3) is 0 Å². The van der Waals surface area contributed by atoms with E-state index in [0.717, 1.165) is 5.56 Å². The summed E-state index contributed by atoms with van der Waals surface area (Å²) in [6, 6.07) is 40.5. The number of hydrogen-bond donors (Lipinski definition) is 0. The highest BCUT2D eigenvalue weighted by atomic mass is 32.2. The van der Waals surface area contributed by atoms with Crippen molar-refractivity contribution in [3.8, 4) is 0 Å². The van der Waals surface area contributed by atoms with Crippen molar-refractivity contribution >= 4 is 34.8 Å². The van der Waals surface area contributed by atoms with Crippen LogP contribution in [0.25, 0.3) is 0 Å². The minimum atomic E-state index is -1.18. The zero-order valence-corrected chi connectivity index (χ0v) is 22.0. The Bertz CT molecular complexity index is 1180. The summed E-state index contributed by atoms with van der Waals surface area (Å²) >= 11 is 0. The van der Waals surface area contributed by atoms with Gasteiger partial charge in [-0.3, -0.25) is 0 Å². The molecule has 0 aliphatic heterocycles. The lowest BCUT2D eigenvalue weighted by atomic mass is 9.99. The van der Waals surface area contributed by atoms with Gasteiger partial charge >= 0.3 is 0 Å². The summed E-state index contributed by atoms with van der Waals surface area (Å²) in [7, 11) is 0.0188. The first-order valence-corrected chi connectivity index (χ1v) is 14.0. The molecule has 0 bridgehead atoms. The van der Waals surface area contributed by atoms with Crippen LogP contribution in [0.15, 0.2) is 115 Å². The van der Waals surface area contributed by atoms with E-state index >= 15 is 0 Å². The molecular weight excluding hydrogens is 453 g/mol. The first-order chi connectivity index (χ1) is 16.4. The van der Waals surface area contributed by atoms with Crippen LogP contribution < -0.4 is 15.9 Å². The van der Waals surface area contributed by atoms with Crippen molar-refractivity contribution < 1.29 is 4.21 Å². The zero-order chi connectivity index (χ0) is 24.1. The minimum absolute atomic E-state index is 0.130. The second-order valence-corrected chi connectivity index (χ2v) is 13.8. The van der Waals surface area contributed by atoms with Crippen LogP contribution in [0.3, 0.4) is 0 Å². The van der Waals surface area contributed by atoms with Crippen molar-refractivity contribution in [2.24, 2.45) is 0 Å². The largest absolute Gasteiger partial charge is 0.242 e. The molecule has 0 aromatic heterocycles. The molecule has 4 rings (SSSR count). The molecule has 2 atom stereocenters. The van der Waals surface area contributed by atoms with E-state index in [1.807, 2.05) is 38.2 Å². The zero-order valence-electron chi connectivity index (χ0n) is 20.3. The SMILES string of the molecule is CN([C@H](c1ccccc1)c1ccccc1P(c1ccccc1)c1ccccc1)[S@](=O)C(C)(C)C. The van der Waals surface area contributed by atoms with Crippen LogP contribution in [0.4, 0.5) is 0 Å². The molecule has 0 amide bonds. The van der Waals surface area contributed by atoms with Crippen LogP contribution >= 0.6 is 7.92 Å². The predicted molar refractivity (Wildman–Crippen MR) is 149 cm³/mol. The lowest BCUT2D eigenvalue weighted by Gasteiger charge is -2.35. The third kappa shape index (κ3) is 5.39. The van der Waals surface area contributed by atoms with Gasteiger partial charge in [-0.25, -0.2) is 8.51 Å². The number of benzene rings is 4. The van der Waals surface area contributed by atoms with Crippen molar-refractivity contribution in [3.05, 3.63) is 126 Å². The van der Waals surface area contributed by atoms with Gasteiger partial charge in [-0.05, 0) is 55.7 Å². The van der Waals surface area contributed by atoms with Crippen molar-refractivity contribution in [1.82, 2.24) is 4.31 Å². The Labute approximate surface area is 208 Å². The van der Waals surface area contributed by atoms with Crippen LogP contribution in [0.5, 0.6) is 0 Å². The van der Waals surface area contributed by atoms with Gasteiger partial charge in [0, 0.05) is 7.05 Å². The first-order valence-electron chi connectivity index (χ1n) is 11.6. The van der Waals surface area contributed by atoms with E-state index in [1.54, 1.807) is 0 Å². The summed E-state index contributed by atoms with van der Waals surface area (Å²) in [5, 5.41) is 3.91. The lowest BCUT2D eigenvalue weighted by molar-refractivity contribution is 0.441. The summed E-state index contributed by atoms with van der Waals surface area (Å²) in [4.78, 5) is 0. The van der Waals surface area contributed by atoms with E-state index in [1.165, 1.54) is 21.5 Å². The Morgan fingerprint density at radius 1 is 0.676 bits per heavy atom. The van der Waals surface area contributed by atoms with E-state index in [4.69, 9.17) is 0 Å². The summed E-state index contributed by atoms with van der Waals surface area (Å²) in [5.41, 5.74) is 2.35. The molecule has 34 heavy (non-hydrogen) atoms. The molecule has 174 valence electrons. The number of rotatable bonds is 7. The quantitative estimate of drug-likeness (QED) is 0.297. The monoisotopic (exact) mass is 485 g/mol. The van der Waals surface area contributed by atoms with Gasteiger partial charge in [0.2, 0.25) is 0 Å². The fraction of sp³-hybridized carbons (Fsp3) is 0.200. The summed E-state index contributed by atoms with van der Waals surface area (Å²) < 4.78 is 15.3. The molecule has 0 aliphatic rings. The number of nitrogens with zero attached hydrogens (tertiary/aromatic N) is 1. The van der Waals surface area contributed by atoms with Crippen LogP contribution in [-0.2, 0) is 11.0 Å². The molecule has 4 aromatic rings. The van der Waals surface area contributed by atoms with Gasteiger partial charge < -0.3 is 0 Å². The van der Waals surface area contributed by atoms with E-state index in [-0.39, 0.29) is 10.8 Å². The molecule has 0 fully saturated rings.